The highest BCUT2D eigenvalue weighted by atomic mass is 35.5. The number of para-hydroxylation sites is 2. The van der Waals surface area contributed by atoms with Crippen LogP contribution in [-0.4, -0.2) is 29.8 Å². The molecule has 170 valence electrons. The van der Waals surface area contributed by atoms with Crippen molar-refractivity contribution in [2.24, 2.45) is 0 Å². The molecule has 1 heterocycles. The first kappa shape index (κ1) is 22.7. The molecule has 0 aliphatic rings. The van der Waals surface area contributed by atoms with Crippen LogP contribution in [0.4, 0.5) is 0 Å². The number of ether oxygens (including phenoxy) is 2. The molecule has 2 N–H and O–H groups in total. The zero-order valence-electron chi connectivity index (χ0n) is 18.9. The summed E-state index contributed by atoms with van der Waals surface area (Å²) in [5.74, 6) is 0.530. The molecular weight excluding hydrogens is 438 g/mol. The van der Waals surface area contributed by atoms with Gasteiger partial charge in [-0.1, -0.05) is 48.0 Å². The van der Waals surface area contributed by atoms with Crippen molar-refractivity contribution in [3.63, 3.8) is 0 Å². The van der Waals surface area contributed by atoms with Crippen molar-refractivity contribution in [2.45, 2.75) is 26.7 Å². The predicted octanol–water partition coefficient (Wildman–Crippen LogP) is 6.82. The minimum absolute atomic E-state index is 0.213. The molecule has 6 heteroatoms. The first-order chi connectivity index (χ1) is 15.9. The molecule has 3 aromatic carbocycles. The Morgan fingerprint density at radius 3 is 2.42 bits per heavy atom. The molecule has 4 rings (SSSR count). The van der Waals surface area contributed by atoms with E-state index in [2.05, 4.69) is 4.98 Å². The molecule has 33 heavy (non-hydrogen) atoms. The number of methoxy groups -OCH3 is 1. The van der Waals surface area contributed by atoms with Crippen LogP contribution in [0.25, 0.3) is 22.0 Å². The fourth-order valence-electron chi connectivity index (χ4n) is 4.24. The number of fused-ring (bicyclic) bond motifs is 1. The van der Waals surface area contributed by atoms with Crippen molar-refractivity contribution in [1.29, 1.82) is 0 Å². The van der Waals surface area contributed by atoms with Crippen LogP contribution in [0.3, 0.4) is 0 Å². The summed E-state index contributed by atoms with van der Waals surface area (Å²) in [6.45, 7) is 4.37. The number of aromatic carboxylic acids is 1. The normalized spacial score (nSPS) is 11.0. The number of hydrogen-bond donors (Lipinski definition) is 2. The number of H-pyrrole nitrogens is 1. The summed E-state index contributed by atoms with van der Waals surface area (Å²) in [6.07, 6.45) is 1.25. The predicted molar refractivity (Wildman–Crippen MR) is 132 cm³/mol. The fourth-order valence-corrected chi connectivity index (χ4v) is 4.34. The summed E-state index contributed by atoms with van der Waals surface area (Å²) in [7, 11) is 1.63. The average Bonchev–Trinajstić information content (AvgIpc) is 3.19. The SMILES string of the molecule is COc1ccccc1-c1cccc2c(CCCOc3cc(C)c(Cl)c(C)c3)c(C(=O)O)[nH]c12. The molecule has 0 atom stereocenters. The summed E-state index contributed by atoms with van der Waals surface area (Å²) >= 11 is 6.23. The molecule has 0 saturated heterocycles. The van der Waals surface area contributed by atoms with E-state index in [1.807, 2.05) is 68.4 Å². The second-order valence-electron chi connectivity index (χ2n) is 8.04. The smallest absolute Gasteiger partial charge is 0.352 e. The first-order valence-electron chi connectivity index (χ1n) is 10.8. The van der Waals surface area contributed by atoms with Gasteiger partial charge in [-0.25, -0.2) is 4.79 Å². The van der Waals surface area contributed by atoms with E-state index in [9.17, 15) is 9.90 Å². The summed E-state index contributed by atoms with van der Waals surface area (Å²) in [5, 5.41) is 11.5. The molecule has 0 unspecified atom stereocenters. The van der Waals surface area contributed by atoms with Gasteiger partial charge in [0, 0.05) is 21.5 Å². The van der Waals surface area contributed by atoms with E-state index in [1.54, 1.807) is 7.11 Å². The summed E-state index contributed by atoms with van der Waals surface area (Å²) in [6, 6.07) is 17.4. The number of nitrogens with one attached hydrogen (secondary N) is 1. The molecule has 4 aromatic rings. The fraction of sp³-hybridized carbons (Fsp3) is 0.222. The highest BCUT2D eigenvalue weighted by molar-refractivity contribution is 6.32. The van der Waals surface area contributed by atoms with Crippen molar-refractivity contribution < 1.29 is 19.4 Å². The quantitative estimate of drug-likeness (QED) is 0.281. The second kappa shape index (κ2) is 9.59. The monoisotopic (exact) mass is 463 g/mol. The molecule has 0 spiro atoms. The van der Waals surface area contributed by atoms with Crippen LogP contribution >= 0.6 is 11.6 Å². The van der Waals surface area contributed by atoms with Gasteiger partial charge >= 0.3 is 5.97 Å². The zero-order chi connectivity index (χ0) is 23.5. The number of benzene rings is 3. The average molecular weight is 464 g/mol. The number of aryl methyl sites for hydroxylation is 3. The molecule has 0 aliphatic heterocycles. The lowest BCUT2D eigenvalue weighted by atomic mass is 9.99. The van der Waals surface area contributed by atoms with Crippen molar-refractivity contribution in [3.8, 4) is 22.6 Å². The third kappa shape index (κ3) is 4.55. The number of aromatic amines is 1. The van der Waals surface area contributed by atoms with Crippen molar-refractivity contribution in [3.05, 3.63) is 82.0 Å². The molecular formula is C27H26ClNO4. The molecule has 0 aliphatic carbocycles. The van der Waals surface area contributed by atoms with Crippen LogP contribution in [0.15, 0.2) is 54.6 Å². The first-order valence-corrected chi connectivity index (χ1v) is 11.2. The van der Waals surface area contributed by atoms with E-state index in [4.69, 9.17) is 21.1 Å². The molecule has 0 radical (unpaired) electrons. The highest BCUT2D eigenvalue weighted by Gasteiger charge is 2.20. The lowest BCUT2D eigenvalue weighted by Crippen LogP contribution is -2.04. The Balaban J connectivity index is 1.61. The second-order valence-corrected chi connectivity index (χ2v) is 8.41. The zero-order valence-corrected chi connectivity index (χ0v) is 19.6. The van der Waals surface area contributed by atoms with Gasteiger partial charge in [0.15, 0.2) is 0 Å². The van der Waals surface area contributed by atoms with Gasteiger partial charge in [0.1, 0.15) is 17.2 Å². The number of rotatable bonds is 8. The molecule has 5 nitrogen and oxygen atoms in total. The molecule has 0 bridgehead atoms. The van der Waals surface area contributed by atoms with Crippen LogP contribution in [0.2, 0.25) is 5.02 Å². The highest BCUT2D eigenvalue weighted by Crippen LogP contribution is 2.37. The Kier molecular flexibility index (Phi) is 6.61. The van der Waals surface area contributed by atoms with E-state index in [0.717, 1.165) is 55.2 Å². The van der Waals surface area contributed by atoms with Gasteiger partial charge < -0.3 is 19.6 Å². The number of carboxylic acids is 1. The number of aromatic nitrogens is 1. The van der Waals surface area contributed by atoms with Gasteiger partial charge in [-0.05, 0) is 61.6 Å². The Morgan fingerprint density at radius 1 is 1.03 bits per heavy atom. The van der Waals surface area contributed by atoms with Gasteiger partial charge in [0.05, 0.1) is 19.2 Å². The van der Waals surface area contributed by atoms with Crippen LogP contribution < -0.4 is 9.47 Å². The molecule has 0 saturated carbocycles. The topological polar surface area (TPSA) is 71.6 Å². The van der Waals surface area contributed by atoms with Crippen molar-refractivity contribution in [1.82, 2.24) is 4.98 Å². The lowest BCUT2D eigenvalue weighted by Gasteiger charge is -2.10. The van der Waals surface area contributed by atoms with Gasteiger partial charge in [-0.3, -0.25) is 0 Å². The van der Waals surface area contributed by atoms with E-state index >= 15 is 0 Å². The van der Waals surface area contributed by atoms with Crippen molar-refractivity contribution in [2.75, 3.05) is 13.7 Å². The molecule has 0 amide bonds. The van der Waals surface area contributed by atoms with E-state index in [-0.39, 0.29) is 5.69 Å². The Bertz CT molecular complexity index is 1300. The van der Waals surface area contributed by atoms with Crippen molar-refractivity contribution >= 4 is 28.5 Å². The summed E-state index contributed by atoms with van der Waals surface area (Å²) < 4.78 is 11.4. The summed E-state index contributed by atoms with van der Waals surface area (Å²) in [5.41, 5.74) is 5.54. The van der Waals surface area contributed by atoms with Crippen LogP contribution in [0.1, 0.15) is 33.6 Å². The standard InChI is InChI=1S/C27H26ClNO4/c1-16-14-18(15-17(2)24(16)28)33-13-7-11-22-21-10-6-9-20(25(21)29-26(22)27(30)31)19-8-4-5-12-23(19)32-3/h4-6,8-10,12,14-15,29H,7,11,13H2,1-3H3,(H,30,31). The van der Waals surface area contributed by atoms with Crippen LogP contribution in [0.5, 0.6) is 11.5 Å². The number of halogens is 1. The van der Waals surface area contributed by atoms with Gasteiger partial charge in [-0.15, -0.1) is 0 Å². The van der Waals surface area contributed by atoms with Crippen LogP contribution in [-0.2, 0) is 6.42 Å². The van der Waals surface area contributed by atoms with Gasteiger partial charge in [0.25, 0.3) is 0 Å². The van der Waals surface area contributed by atoms with E-state index in [0.29, 0.717) is 19.4 Å². The molecule has 0 fully saturated rings. The van der Waals surface area contributed by atoms with Gasteiger partial charge in [-0.2, -0.15) is 0 Å². The number of hydrogen-bond acceptors (Lipinski definition) is 3. The summed E-state index contributed by atoms with van der Waals surface area (Å²) in [4.78, 5) is 15.2. The lowest BCUT2D eigenvalue weighted by molar-refractivity contribution is 0.0690. The minimum atomic E-state index is -0.975. The third-order valence-electron chi connectivity index (χ3n) is 5.80. The Labute approximate surface area is 197 Å². The maximum Gasteiger partial charge on any atom is 0.352 e. The third-order valence-corrected chi connectivity index (χ3v) is 6.40. The Morgan fingerprint density at radius 2 is 1.73 bits per heavy atom. The minimum Gasteiger partial charge on any atom is -0.496 e. The van der Waals surface area contributed by atoms with E-state index in [1.165, 1.54) is 0 Å². The largest absolute Gasteiger partial charge is 0.496 e. The van der Waals surface area contributed by atoms with Crippen LogP contribution in [0, 0.1) is 13.8 Å². The number of carbonyl (C=O) groups is 1. The van der Waals surface area contributed by atoms with E-state index < -0.39 is 5.97 Å². The maximum absolute atomic E-state index is 12.0. The maximum atomic E-state index is 12.0. The number of carboxylic acid groups (broad SMARTS) is 1. The van der Waals surface area contributed by atoms with Gasteiger partial charge in [0.2, 0.25) is 0 Å². The molecule has 1 aromatic heterocycles. The Hall–Kier alpha value is -3.44.